The van der Waals surface area contributed by atoms with E-state index in [-0.39, 0.29) is 0 Å². The van der Waals surface area contributed by atoms with E-state index < -0.39 is 0 Å². The van der Waals surface area contributed by atoms with E-state index in [9.17, 15) is 0 Å². The quantitative estimate of drug-likeness (QED) is 0.538. The Labute approximate surface area is 89.0 Å². The van der Waals surface area contributed by atoms with Crippen molar-refractivity contribution >= 4 is 27.7 Å². The fraction of sp³-hybridized carbons (Fsp3) is 1.00. The molecule has 0 aromatic heterocycles. The first kappa shape index (κ1) is 10.9. The molecule has 1 saturated carbocycles. The smallest absolute Gasteiger partial charge is 0.00958 e. The summed E-state index contributed by atoms with van der Waals surface area (Å²) in [5, 5.41) is 1.21. The average molecular weight is 251 g/mol. The molecule has 0 atom stereocenters. The second-order valence-electron chi connectivity index (χ2n) is 3.98. The van der Waals surface area contributed by atoms with Crippen LogP contribution in [0.15, 0.2) is 0 Å². The predicted octanol–water partition coefficient (Wildman–Crippen LogP) is 4.08. The summed E-state index contributed by atoms with van der Waals surface area (Å²) in [6.07, 6.45) is 10.9. The molecule has 0 nitrogen and oxygen atoms in total. The van der Waals surface area contributed by atoms with Crippen molar-refractivity contribution in [3.63, 3.8) is 0 Å². The third-order valence-electron chi connectivity index (χ3n) is 2.90. The molecule has 1 aliphatic rings. The Morgan fingerprint density at radius 2 is 1.75 bits per heavy atom. The van der Waals surface area contributed by atoms with Crippen molar-refractivity contribution in [3.05, 3.63) is 0 Å². The number of alkyl halides is 1. The molecular weight excluding hydrogens is 232 g/mol. The van der Waals surface area contributed by atoms with Crippen molar-refractivity contribution in [2.75, 3.05) is 17.3 Å². The van der Waals surface area contributed by atoms with Crippen molar-refractivity contribution in [2.45, 2.75) is 38.5 Å². The zero-order chi connectivity index (χ0) is 8.86. The van der Waals surface area contributed by atoms with E-state index in [1.54, 1.807) is 0 Å². The average Bonchev–Trinajstić information content (AvgIpc) is 2.32. The van der Waals surface area contributed by atoms with E-state index in [4.69, 9.17) is 0 Å². The molecule has 0 radical (unpaired) electrons. The third kappa shape index (κ3) is 2.95. The second kappa shape index (κ2) is 5.54. The minimum atomic E-state index is 0.635. The number of hydrogen-bond acceptors (Lipinski definition) is 1. The highest BCUT2D eigenvalue weighted by atomic mass is 79.9. The van der Waals surface area contributed by atoms with Crippen LogP contribution >= 0.6 is 27.7 Å². The van der Waals surface area contributed by atoms with Gasteiger partial charge in [0, 0.05) is 5.33 Å². The minimum Gasteiger partial charge on any atom is -0.165 e. The van der Waals surface area contributed by atoms with Gasteiger partial charge >= 0.3 is 0 Å². The Kier molecular flexibility index (Phi) is 5.03. The molecule has 0 N–H and O–H groups in total. The van der Waals surface area contributed by atoms with E-state index in [1.165, 1.54) is 49.6 Å². The standard InChI is InChI=1S/C10H19BrS/c1-12-9-10(8-11)6-4-2-3-5-7-10/h2-9H2,1H3. The summed E-state index contributed by atoms with van der Waals surface area (Å²) < 4.78 is 0. The van der Waals surface area contributed by atoms with Gasteiger partial charge in [0.15, 0.2) is 0 Å². The van der Waals surface area contributed by atoms with Gasteiger partial charge in [0.1, 0.15) is 0 Å². The Morgan fingerprint density at radius 1 is 1.17 bits per heavy atom. The van der Waals surface area contributed by atoms with Gasteiger partial charge in [-0.2, -0.15) is 11.8 Å². The van der Waals surface area contributed by atoms with Crippen LogP contribution in [0.1, 0.15) is 38.5 Å². The Balaban J connectivity index is 2.48. The summed E-state index contributed by atoms with van der Waals surface area (Å²) >= 11 is 5.70. The van der Waals surface area contributed by atoms with E-state index in [0.717, 1.165) is 0 Å². The first-order valence-electron chi connectivity index (χ1n) is 4.88. The van der Waals surface area contributed by atoms with Gasteiger partial charge in [-0.05, 0) is 30.3 Å². The fourth-order valence-corrected chi connectivity index (χ4v) is 4.13. The highest BCUT2D eigenvalue weighted by Crippen LogP contribution is 2.38. The van der Waals surface area contributed by atoms with Crippen LogP contribution < -0.4 is 0 Å². The van der Waals surface area contributed by atoms with Gasteiger partial charge in [-0.1, -0.05) is 41.6 Å². The molecule has 1 rings (SSSR count). The number of hydrogen-bond donors (Lipinski definition) is 0. The van der Waals surface area contributed by atoms with Crippen LogP contribution in [0.4, 0.5) is 0 Å². The van der Waals surface area contributed by atoms with Gasteiger partial charge < -0.3 is 0 Å². The molecule has 1 aliphatic carbocycles. The van der Waals surface area contributed by atoms with Crippen molar-refractivity contribution in [2.24, 2.45) is 5.41 Å². The summed E-state index contributed by atoms with van der Waals surface area (Å²) in [7, 11) is 0. The highest BCUT2D eigenvalue weighted by molar-refractivity contribution is 9.09. The topological polar surface area (TPSA) is 0 Å². The monoisotopic (exact) mass is 250 g/mol. The van der Waals surface area contributed by atoms with Gasteiger partial charge in [0.05, 0.1) is 0 Å². The summed E-state index contributed by atoms with van der Waals surface area (Å²) in [4.78, 5) is 0. The van der Waals surface area contributed by atoms with Gasteiger partial charge in [0.25, 0.3) is 0 Å². The van der Waals surface area contributed by atoms with Crippen molar-refractivity contribution < 1.29 is 0 Å². The van der Waals surface area contributed by atoms with Crippen LogP contribution in [0.5, 0.6) is 0 Å². The molecular formula is C10H19BrS. The van der Waals surface area contributed by atoms with Crippen molar-refractivity contribution in [1.29, 1.82) is 0 Å². The van der Waals surface area contributed by atoms with Crippen molar-refractivity contribution in [1.82, 2.24) is 0 Å². The summed E-state index contributed by atoms with van der Waals surface area (Å²) in [5.41, 5.74) is 0.635. The molecule has 1 fully saturated rings. The molecule has 0 aromatic carbocycles. The largest absolute Gasteiger partial charge is 0.165 e. The minimum absolute atomic E-state index is 0.635. The SMILES string of the molecule is CSCC1(CBr)CCCCCC1. The lowest BCUT2D eigenvalue weighted by Crippen LogP contribution is -2.24. The van der Waals surface area contributed by atoms with Gasteiger partial charge in [-0.3, -0.25) is 0 Å². The number of thioether (sulfide) groups is 1. The maximum atomic E-state index is 3.69. The molecule has 0 amide bonds. The maximum Gasteiger partial charge on any atom is 0.00958 e. The molecule has 2 heteroatoms. The van der Waals surface area contributed by atoms with Gasteiger partial charge in [-0.25, -0.2) is 0 Å². The first-order valence-corrected chi connectivity index (χ1v) is 7.39. The highest BCUT2D eigenvalue weighted by Gasteiger charge is 2.28. The zero-order valence-corrected chi connectivity index (χ0v) is 10.3. The summed E-state index contributed by atoms with van der Waals surface area (Å²) in [6.45, 7) is 0. The Hall–Kier alpha value is 0.830. The molecule has 0 heterocycles. The molecule has 0 saturated heterocycles. The first-order chi connectivity index (χ1) is 5.83. The Bertz CT molecular complexity index is 117. The molecule has 0 spiro atoms. The normalized spacial score (nSPS) is 23.5. The number of rotatable bonds is 3. The lowest BCUT2D eigenvalue weighted by molar-refractivity contribution is 0.334. The van der Waals surface area contributed by atoms with Crippen LogP contribution in [0.25, 0.3) is 0 Å². The fourth-order valence-electron chi connectivity index (χ4n) is 2.10. The Morgan fingerprint density at radius 3 is 2.17 bits per heavy atom. The second-order valence-corrected chi connectivity index (χ2v) is 5.41. The maximum absolute atomic E-state index is 3.69. The van der Waals surface area contributed by atoms with Gasteiger partial charge in [0.2, 0.25) is 0 Å². The van der Waals surface area contributed by atoms with E-state index in [2.05, 4.69) is 22.2 Å². The van der Waals surface area contributed by atoms with Crippen LogP contribution in [-0.4, -0.2) is 17.3 Å². The molecule has 0 aromatic rings. The lowest BCUT2D eigenvalue weighted by atomic mass is 9.85. The van der Waals surface area contributed by atoms with E-state index >= 15 is 0 Å². The molecule has 72 valence electrons. The van der Waals surface area contributed by atoms with Crippen molar-refractivity contribution in [3.8, 4) is 0 Å². The predicted molar refractivity (Wildman–Crippen MR) is 62.3 cm³/mol. The molecule has 0 unspecified atom stereocenters. The molecule has 12 heavy (non-hydrogen) atoms. The van der Waals surface area contributed by atoms with E-state index in [0.29, 0.717) is 5.41 Å². The van der Waals surface area contributed by atoms with Crippen LogP contribution in [0, 0.1) is 5.41 Å². The molecule has 0 bridgehead atoms. The molecule has 0 aliphatic heterocycles. The van der Waals surface area contributed by atoms with Crippen LogP contribution in [0.2, 0.25) is 0 Å². The van der Waals surface area contributed by atoms with Crippen LogP contribution in [0.3, 0.4) is 0 Å². The van der Waals surface area contributed by atoms with Crippen LogP contribution in [-0.2, 0) is 0 Å². The number of halogens is 1. The summed E-state index contributed by atoms with van der Waals surface area (Å²) in [6, 6.07) is 0. The summed E-state index contributed by atoms with van der Waals surface area (Å²) in [5.74, 6) is 1.35. The zero-order valence-electron chi connectivity index (χ0n) is 7.94. The lowest BCUT2D eigenvalue weighted by Gasteiger charge is -2.29. The van der Waals surface area contributed by atoms with Gasteiger partial charge in [-0.15, -0.1) is 0 Å². The van der Waals surface area contributed by atoms with E-state index in [1.807, 2.05) is 11.8 Å². The third-order valence-corrected chi connectivity index (χ3v) is 4.99.